The summed E-state index contributed by atoms with van der Waals surface area (Å²) in [7, 11) is 1.50. The van der Waals surface area contributed by atoms with E-state index in [0.717, 1.165) is 63.4 Å². The first-order chi connectivity index (χ1) is 20.8. The van der Waals surface area contributed by atoms with Gasteiger partial charge in [-0.05, 0) is 99.4 Å². The number of esters is 3. The van der Waals surface area contributed by atoms with Crippen LogP contribution in [0, 0.1) is 34.5 Å². The van der Waals surface area contributed by atoms with Gasteiger partial charge in [-0.1, -0.05) is 13.8 Å². The van der Waals surface area contributed by atoms with Crippen LogP contribution in [0.4, 0.5) is 0 Å². The predicted molar refractivity (Wildman–Crippen MR) is 157 cm³/mol. The molecule has 10 nitrogen and oxygen atoms in total. The molecule has 0 amide bonds. The van der Waals surface area contributed by atoms with Gasteiger partial charge in [0, 0.05) is 32.4 Å². The number of methoxy groups -OCH3 is 1. The van der Waals surface area contributed by atoms with Crippen molar-refractivity contribution in [3.8, 4) is 0 Å². The van der Waals surface area contributed by atoms with Gasteiger partial charge in [-0.15, -0.1) is 0 Å². The lowest BCUT2D eigenvalue weighted by atomic mass is 9.43. The fourth-order valence-electron chi connectivity index (χ4n) is 10.7. The van der Waals surface area contributed by atoms with Crippen molar-refractivity contribution >= 4 is 17.9 Å². The van der Waals surface area contributed by atoms with Gasteiger partial charge in [0.1, 0.15) is 12.7 Å². The van der Waals surface area contributed by atoms with E-state index in [9.17, 15) is 19.5 Å². The number of hydrogen-bond acceptors (Lipinski definition) is 10. The molecule has 6 aliphatic rings. The molecule has 4 aliphatic carbocycles. The molecule has 13 atom stereocenters. The molecule has 44 heavy (non-hydrogen) atoms. The molecule has 1 N–H and O–H groups in total. The number of cyclic esters (lactones) is 1. The largest absolute Gasteiger partial charge is 0.458 e. The van der Waals surface area contributed by atoms with E-state index in [1.807, 2.05) is 6.92 Å². The van der Waals surface area contributed by atoms with Crippen LogP contribution in [0.1, 0.15) is 92.4 Å². The van der Waals surface area contributed by atoms with Crippen LogP contribution < -0.4 is 0 Å². The molecular weight excluding hydrogens is 568 g/mol. The van der Waals surface area contributed by atoms with Gasteiger partial charge >= 0.3 is 17.9 Å². The van der Waals surface area contributed by atoms with Gasteiger partial charge in [-0.3, -0.25) is 9.59 Å². The monoisotopic (exact) mass is 618 g/mol. The Bertz CT molecular complexity index is 1180. The first-order valence-electron chi connectivity index (χ1n) is 16.6. The molecule has 0 bridgehead atoms. The summed E-state index contributed by atoms with van der Waals surface area (Å²) in [6.45, 7) is 9.52. The Morgan fingerprint density at radius 1 is 0.932 bits per heavy atom. The van der Waals surface area contributed by atoms with Gasteiger partial charge in [0.15, 0.2) is 18.5 Å². The smallest absolute Gasteiger partial charge is 0.331 e. The highest BCUT2D eigenvalue weighted by molar-refractivity contribution is 5.85. The average molecular weight is 619 g/mol. The second-order valence-corrected chi connectivity index (χ2v) is 14.9. The molecule has 0 unspecified atom stereocenters. The van der Waals surface area contributed by atoms with Crippen molar-refractivity contribution in [1.82, 2.24) is 0 Å². The van der Waals surface area contributed by atoms with Crippen molar-refractivity contribution < 1.29 is 47.9 Å². The van der Waals surface area contributed by atoms with Crippen molar-refractivity contribution in [2.45, 2.75) is 135 Å². The number of carbonyl (C=O) groups excluding carboxylic acids is 3. The topological polar surface area (TPSA) is 127 Å². The van der Waals surface area contributed by atoms with Crippen molar-refractivity contribution in [3.05, 3.63) is 11.6 Å². The number of hydrogen-bond donors (Lipinski definition) is 1. The summed E-state index contributed by atoms with van der Waals surface area (Å²) in [5.41, 5.74) is 0.159. The fraction of sp³-hybridized carbons (Fsp3) is 0.853. The van der Waals surface area contributed by atoms with Gasteiger partial charge in [0.2, 0.25) is 0 Å². The van der Waals surface area contributed by atoms with Gasteiger partial charge in [-0.25, -0.2) is 4.79 Å². The molecule has 0 aromatic heterocycles. The van der Waals surface area contributed by atoms with E-state index in [1.54, 1.807) is 6.08 Å². The second kappa shape index (κ2) is 11.7. The first-order valence-corrected chi connectivity index (χ1v) is 16.6. The maximum atomic E-state index is 12.5. The Balaban J connectivity index is 1.16. The van der Waals surface area contributed by atoms with E-state index in [1.165, 1.54) is 21.0 Å². The van der Waals surface area contributed by atoms with Crippen LogP contribution >= 0.6 is 0 Å². The van der Waals surface area contributed by atoms with Gasteiger partial charge in [0.25, 0.3) is 0 Å². The molecule has 1 saturated heterocycles. The second-order valence-electron chi connectivity index (χ2n) is 14.9. The van der Waals surface area contributed by atoms with Crippen molar-refractivity contribution in [2.24, 2.45) is 34.5 Å². The van der Waals surface area contributed by atoms with E-state index in [2.05, 4.69) is 13.8 Å². The van der Waals surface area contributed by atoms with E-state index in [-0.39, 0.29) is 34.7 Å². The van der Waals surface area contributed by atoms with E-state index in [0.29, 0.717) is 18.4 Å². The predicted octanol–water partition coefficient (Wildman–Crippen LogP) is 4.25. The quantitative estimate of drug-likeness (QED) is 0.262. The zero-order chi connectivity index (χ0) is 31.6. The Morgan fingerprint density at radius 3 is 2.32 bits per heavy atom. The summed E-state index contributed by atoms with van der Waals surface area (Å²) in [5.74, 6) is 0.0897. The third-order valence-corrected chi connectivity index (χ3v) is 12.9. The summed E-state index contributed by atoms with van der Waals surface area (Å²) in [6.07, 6.45) is 6.29. The van der Waals surface area contributed by atoms with Crippen LogP contribution in [0.5, 0.6) is 0 Å². The molecule has 5 fully saturated rings. The molecule has 0 spiro atoms. The number of aliphatic hydroxyl groups is 1. The normalized spacial score (nSPS) is 48.3. The molecule has 0 radical (unpaired) electrons. The van der Waals surface area contributed by atoms with Crippen molar-refractivity contribution in [1.29, 1.82) is 0 Å². The number of ether oxygens (including phenoxy) is 6. The van der Waals surface area contributed by atoms with Crippen molar-refractivity contribution in [3.63, 3.8) is 0 Å². The molecule has 246 valence electrons. The SMILES string of the molecule is CO[C@H]1[C@H](OC(C)=O)[C@H](O[C@H]2CC[C@@]3(C)[C@H](CC[C@@H]4[C@@H]3CC[C@]3(C)[C@@H](C5=CC(=O)OC5)CC[C@@]43O)C2)O[C@@H](C)[C@@H]1OC(C)=O. The Morgan fingerprint density at radius 2 is 1.66 bits per heavy atom. The van der Waals surface area contributed by atoms with E-state index in [4.69, 9.17) is 28.4 Å². The summed E-state index contributed by atoms with van der Waals surface area (Å²) >= 11 is 0. The molecule has 4 saturated carbocycles. The number of fused-ring (bicyclic) bond motifs is 5. The molecule has 2 heterocycles. The zero-order valence-electron chi connectivity index (χ0n) is 27.0. The third kappa shape index (κ3) is 5.12. The molecule has 0 aromatic rings. The first kappa shape index (κ1) is 32.0. The Kier molecular flexibility index (Phi) is 8.46. The maximum Gasteiger partial charge on any atom is 0.331 e. The highest BCUT2D eigenvalue weighted by Crippen LogP contribution is 2.70. The fourth-order valence-corrected chi connectivity index (χ4v) is 10.7. The number of rotatable bonds is 6. The van der Waals surface area contributed by atoms with Gasteiger partial charge < -0.3 is 33.5 Å². The van der Waals surface area contributed by atoms with Crippen LogP contribution in [0.15, 0.2) is 11.6 Å². The summed E-state index contributed by atoms with van der Waals surface area (Å²) in [4.78, 5) is 35.7. The molecule has 10 heteroatoms. The highest BCUT2D eigenvalue weighted by atomic mass is 16.7. The summed E-state index contributed by atoms with van der Waals surface area (Å²) < 4.78 is 34.9. The standard InChI is InChI=1S/C34H50O10/c1-18-28(42-19(2)35)29(39-6)30(43-20(3)36)31(41-18)44-23-9-12-32(4)22(16-23)7-8-26-25(32)10-13-33(5)24(11-14-34(26,33)38)21-15-27(37)40-17-21/h15,18,22-26,28-31,38H,7-14,16-17H2,1-6H3/t18-,22+,23-,24+,25-,26+,28-,29+,30-,31-,32-,33+,34+/m0/s1. The lowest BCUT2D eigenvalue weighted by Crippen LogP contribution is -2.63. The minimum Gasteiger partial charge on any atom is -0.458 e. The molecular formula is C34H50O10. The average Bonchev–Trinajstić information content (AvgIpc) is 3.50. The van der Waals surface area contributed by atoms with Crippen LogP contribution in [0.25, 0.3) is 0 Å². The number of carbonyl (C=O) groups is 3. The molecule has 6 rings (SSSR count). The van der Waals surface area contributed by atoms with E-state index < -0.39 is 48.2 Å². The van der Waals surface area contributed by atoms with E-state index >= 15 is 0 Å². The minimum atomic E-state index is -0.877. The molecule has 2 aliphatic heterocycles. The van der Waals surface area contributed by atoms with Gasteiger partial charge in [-0.2, -0.15) is 0 Å². The molecule has 0 aromatic carbocycles. The third-order valence-electron chi connectivity index (χ3n) is 12.9. The Hall–Kier alpha value is -2.01. The van der Waals surface area contributed by atoms with Crippen LogP contribution in [-0.2, 0) is 42.8 Å². The minimum absolute atomic E-state index is 0.0812. The summed E-state index contributed by atoms with van der Waals surface area (Å²) in [5, 5.41) is 12.5. The van der Waals surface area contributed by atoms with Crippen molar-refractivity contribution in [2.75, 3.05) is 13.7 Å². The highest BCUT2D eigenvalue weighted by Gasteiger charge is 2.68. The van der Waals surface area contributed by atoms with Crippen LogP contribution in [-0.4, -0.2) is 79.1 Å². The zero-order valence-corrected chi connectivity index (χ0v) is 27.0. The van der Waals surface area contributed by atoms with Crippen LogP contribution in [0.3, 0.4) is 0 Å². The maximum absolute atomic E-state index is 12.5. The van der Waals surface area contributed by atoms with Crippen LogP contribution in [0.2, 0.25) is 0 Å². The Labute approximate surface area is 260 Å². The van der Waals surface area contributed by atoms with Gasteiger partial charge in [0.05, 0.1) is 17.8 Å². The lowest BCUT2D eigenvalue weighted by molar-refractivity contribution is -0.317. The lowest BCUT2D eigenvalue weighted by Gasteiger charge is -2.64. The summed E-state index contributed by atoms with van der Waals surface area (Å²) in [6, 6.07) is 0.